The molecule has 21 heavy (non-hydrogen) atoms. The van der Waals surface area contributed by atoms with E-state index in [1.54, 1.807) is 13.8 Å². The topological polar surface area (TPSA) is 78.1 Å². The van der Waals surface area contributed by atoms with Crippen LogP contribution in [0.5, 0.6) is 0 Å². The van der Waals surface area contributed by atoms with Gasteiger partial charge in [-0.25, -0.2) is 13.1 Å². The highest BCUT2D eigenvalue weighted by Gasteiger charge is 2.25. The first-order chi connectivity index (χ1) is 9.81. The molecule has 0 saturated carbocycles. The Hall–Kier alpha value is -0.920. The molecule has 0 aliphatic carbocycles. The molecule has 1 saturated heterocycles. The molecule has 1 aromatic heterocycles. The molecule has 0 spiro atoms. The summed E-state index contributed by atoms with van der Waals surface area (Å²) in [6.45, 7) is 10.3. The van der Waals surface area contributed by atoms with E-state index in [1.807, 2.05) is 0 Å². The van der Waals surface area contributed by atoms with E-state index in [4.69, 9.17) is 0 Å². The van der Waals surface area contributed by atoms with Gasteiger partial charge in [0.2, 0.25) is 10.0 Å². The summed E-state index contributed by atoms with van der Waals surface area (Å²) >= 11 is 0. The zero-order valence-corrected chi connectivity index (χ0v) is 14.1. The van der Waals surface area contributed by atoms with Gasteiger partial charge in [0, 0.05) is 12.6 Å². The van der Waals surface area contributed by atoms with Crippen molar-refractivity contribution in [3.8, 4) is 0 Å². The van der Waals surface area contributed by atoms with E-state index in [0.29, 0.717) is 17.9 Å². The summed E-state index contributed by atoms with van der Waals surface area (Å²) in [6.07, 6.45) is 2.38. The minimum atomic E-state index is -3.49. The monoisotopic (exact) mass is 314 g/mol. The van der Waals surface area contributed by atoms with Crippen LogP contribution in [0.15, 0.2) is 4.90 Å². The van der Waals surface area contributed by atoms with Crippen LogP contribution < -0.4 is 4.72 Å². The van der Waals surface area contributed by atoms with E-state index < -0.39 is 10.0 Å². The van der Waals surface area contributed by atoms with Crippen molar-refractivity contribution in [1.82, 2.24) is 19.8 Å². The van der Waals surface area contributed by atoms with E-state index >= 15 is 0 Å². The molecule has 2 rings (SSSR count). The van der Waals surface area contributed by atoms with E-state index in [0.717, 1.165) is 19.0 Å². The first-order valence-electron chi connectivity index (χ1n) is 7.56. The number of sulfonamides is 1. The molecule has 7 heteroatoms. The number of aromatic nitrogens is 2. The standard InChI is InChI=1S/C14H26N4O2S/c1-10-5-7-18(8-6-10)11(2)9-15-21(19,20)14-12(3)16-17-13(14)4/h10-11,15H,5-9H2,1-4H3,(H,16,17). The molecular weight excluding hydrogens is 288 g/mol. The maximum absolute atomic E-state index is 12.4. The minimum Gasteiger partial charge on any atom is -0.299 e. The zero-order chi connectivity index (χ0) is 15.6. The van der Waals surface area contributed by atoms with E-state index in [9.17, 15) is 8.42 Å². The molecule has 0 bridgehead atoms. The lowest BCUT2D eigenvalue weighted by Gasteiger charge is -2.34. The number of H-pyrrole nitrogens is 1. The largest absolute Gasteiger partial charge is 0.299 e. The van der Waals surface area contributed by atoms with Crippen molar-refractivity contribution < 1.29 is 8.42 Å². The van der Waals surface area contributed by atoms with Crippen LogP contribution in [-0.4, -0.2) is 49.2 Å². The normalized spacial score (nSPS) is 19.8. The van der Waals surface area contributed by atoms with E-state index in [2.05, 4.69) is 33.7 Å². The fourth-order valence-corrected chi connectivity index (χ4v) is 4.33. The lowest BCUT2D eigenvalue weighted by molar-refractivity contribution is 0.148. The maximum atomic E-state index is 12.4. The van der Waals surface area contributed by atoms with Crippen LogP contribution >= 0.6 is 0 Å². The van der Waals surface area contributed by atoms with E-state index in [-0.39, 0.29) is 10.9 Å². The predicted octanol–water partition coefficient (Wildman–Crippen LogP) is 1.43. The van der Waals surface area contributed by atoms with Gasteiger partial charge in [-0.15, -0.1) is 0 Å². The molecule has 120 valence electrons. The Morgan fingerprint density at radius 2 is 2.00 bits per heavy atom. The van der Waals surface area contributed by atoms with Gasteiger partial charge in [-0.2, -0.15) is 5.10 Å². The third-order valence-corrected chi connectivity index (χ3v) is 6.03. The lowest BCUT2D eigenvalue weighted by atomic mass is 9.98. The highest BCUT2D eigenvalue weighted by atomic mass is 32.2. The van der Waals surface area contributed by atoms with Crippen molar-refractivity contribution in [3.05, 3.63) is 11.4 Å². The Morgan fingerprint density at radius 1 is 1.38 bits per heavy atom. The predicted molar refractivity (Wildman–Crippen MR) is 82.7 cm³/mol. The van der Waals surface area contributed by atoms with Gasteiger partial charge in [0.15, 0.2) is 0 Å². The minimum absolute atomic E-state index is 0.208. The summed E-state index contributed by atoms with van der Waals surface area (Å²) in [5.74, 6) is 0.779. The van der Waals surface area contributed by atoms with Crippen molar-refractivity contribution in [2.75, 3.05) is 19.6 Å². The Balaban J connectivity index is 1.96. The van der Waals surface area contributed by atoms with Gasteiger partial charge in [0.25, 0.3) is 0 Å². The molecule has 6 nitrogen and oxygen atoms in total. The average Bonchev–Trinajstić information content (AvgIpc) is 2.77. The van der Waals surface area contributed by atoms with Crippen LogP contribution in [0, 0.1) is 19.8 Å². The SMILES string of the molecule is Cc1n[nH]c(C)c1S(=O)(=O)NCC(C)N1CCC(C)CC1. The van der Waals surface area contributed by atoms with Gasteiger partial charge in [0.1, 0.15) is 4.90 Å². The van der Waals surface area contributed by atoms with Gasteiger partial charge < -0.3 is 0 Å². The molecule has 1 atom stereocenters. The van der Waals surface area contributed by atoms with Gasteiger partial charge in [-0.3, -0.25) is 10.00 Å². The van der Waals surface area contributed by atoms with Crippen molar-refractivity contribution >= 4 is 10.0 Å². The molecule has 2 heterocycles. The second-order valence-electron chi connectivity index (χ2n) is 6.18. The number of aromatic amines is 1. The molecule has 1 fully saturated rings. The quantitative estimate of drug-likeness (QED) is 0.862. The first kappa shape index (κ1) is 16.5. The average molecular weight is 314 g/mol. The van der Waals surface area contributed by atoms with Gasteiger partial charge >= 0.3 is 0 Å². The first-order valence-corrected chi connectivity index (χ1v) is 9.05. The number of hydrogen-bond donors (Lipinski definition) is 2. The summed E-state index contributed by atoms with van der Waals surface area (Å²) in [7, 11) is -3.49. The lowest BCUT2D eigenvalue weighted by Crippen LogP contribution is -2.45. The Kier molecular flexibility index (Phi) is 5.06. The third-order valence-electron chi connectivity index (χ3n) is 4.34. The van der Waals surface area contributed by atoms with E-state index in [1.165, 1.54) is 12.8 Å². The number of nitrogens with one attached hydrogen (secondary N) is 2. The van der Waals surface area contributed by atoms with Crippen molar-refractivity contribution in [2.45, 2.75) is 51.5 Å². The summed E-state index contributed by atoms with van der Waals surface area (Å²) < 4.78 is 27.5. The molecule has 0 radical (unpaired) electrons. The molecule has 0 amide bonds. The highest BCUT2D eigenvalue weighted by molar-refractivity contribution is 7.89. The number of aryl methyl sites for hydroxylation is 2. The fourth-order valence-electron chi connectivity index (χ4n) is 2.84. The van der Waals surface area contributed by atoms with Crippen LogP contribution in [-0.2, 0) is 10.0 Å². The number of likely N-dealkylation sites (tertiary alicyclic amines) is 1. The van der Waals surface area contributed by atoms with Crippen LogP contribution in [0.25, 0.3) is 0 Å². The number of rotatable bonds is 5. The van der Waals surface area contributed by atoms with Crippen LogP contribution in [0.4, 0.5) is 0 Å². The maximum Gasteiger partial charge on any atom is 0.244 e. The molecule has 0 aromatic carbocycles. The molecule has 1 aromatic rings. The molecule has 1 unspecified atom stereocenters. The van der Waals surface area contributed by atoms with Gasteiger partial charge in [-0.05, 0) is 52.6 Å². The molecule has 1 aliphatic heterocycles. The molecule has 1 aliphatic rings. The number of nitrogens with zero attached hydrogens (tertiary/aromatic N) is 2. The second-order valence-corrected chi connectivity index (χ2v) is 7.89. The second kappa shape index (κ2) is 6.46. The smallest absolute Gasteiger partial charge is 0.244 e. The third kappa shape index (κ3) is 3.84. The summed E-state index contributed by atoms with van der Waals surface area (Å²) in [4.78, 5) is 2.64. The van der Waals surface area contributed by atoms with Crippen LogP contribution in [0.1, 0.15) is 38.1 Å². The van der Waals surface area contributed by atoms with Crippen molar-refractivity contribution in [3.63, 3.8) is 0 Å². The summed E-state index contributed by atoms with van der Waals surface area (Å²) in [5.41, 5.74) is 1.10. The Bertz CT molecular complexity index is 554. The van der Waals surface area contributed by atoms with Gasteiger partial charge in [-0.1, -0.05) is 6.92 Å². The van der Waals surface area contributed by atoms with Crippen molar-refractivity contribution in [2.24, 2.45) is 5.92 Å². The summed E-state index contributed by atoms with van der Waals surface area (Å²) in [5, 5.41) is 6.67. The highest BCUT2D eigenvalue weighted by Crippen LogP contribution is 2.19. The molecular formula is C14H26N4O2S. The van der Waals surface area contributed by atoms with Gasteiger partial charge in [0.05, 0.1) is 11.4 Å². The van der Waals surface area contributed by atoms with Crippen LogP contribution in [0.2, 0.25) is 0 Å². The van der Waals surface area contributed by atoms with Crippen LogP contribution in [0.3, 0.4) is 0 Å². The molecule has 2 N–H and O–H groups in total. The fraction of sp³-hybridized carbons (Fsp3) is 0.786. The summed E-state index contributed by atoms with van der Waals surface area (Å²) in [6, 6.07) is 0.208. The Morgan fingerprint density at radius 3 is 2.52 bits per heavy atom. The number of piperidine rings is 1. The van der Waals surface area contributed by atoms with Crippen molar-refractivity contribution in [1.29, 1.82) is 0 Å². The zero-order valence-electron chi connectivity index (χ0n) is 13.3. The Labute approximate surface area is 127 Å². The number of hydrogen-bond acceptors (Lipinski definition) is 4.